The molecule has 0 aromatic heterocycles. The van der Waals surface area contributed by atoms with Crippen LogP contribution in [0, 0.1) is 10.1 Å². The maximum Gasteiger partial charge on any atom is 0.293 e. The van der Waals surface area contributed by atoms with Crippen molar-refractivity contribution in [1.29, 1.82) is 0 Å². The summed E-state index contributed by atoms with van der Waals surface area (Å²) in [4.78, 5) is 37.5. The van der Waals surface area contributed by atoms with Crippen molar-refractivity contribution in [3.63, 3.8) is 0 Å². The Labute approximate surface area is 222 Å². The summed E-state index contributed by atoms with van der Waals surface area (Å²) < 4.78 is 6.64. The SMILES string of the molecule is O=C1S/C(=C\c2cc(Br)ccc2OCc2cccc([N+](=O)[O-])c2)C(=O)N1Cc1c(Cl)cccc1Cl. The molecule has 0 unspecified atom stereocenters. The van der Waals surface area contributed by atoms with Gasteiger partial charge in [0.1, 0.15) is 12.4 Å². The Morgan fingerprint density at radius 2 is 1.77 bits per heavy atom. The molecular formula is C24H15BrCl2N2O5S. The Balaban J connectivity index is 1.57. The molecule has 0 bridgehead atoms. The zero-order valence-corrected chi connectivity index (χ0v) is 21.7. The molecule has 3 aromatic rings. The van der Waals surface area contributed by atoms with Gasteiger partial charge in [-0.15, -0.1) is 0 Å². The van der Waals surface area contributed by atoms with Gasteiger partial charge in [-0.1, -0.05) is 57.3 Å². The number of ether oxygens (including phenoxy) is 1. The normalized spacial score (nSPS) is 14.6. The molecule has 1 heterocycles. The van der Waals surface area contributed by atoms with Gasteiger partial charge in [0.25, 0.3) is 16.8 Å². The van der Waals surface area contributed by atoms with E-state index in [9.17, 15) is 19.7 Å². The molecule has 1 saturated heterocycles. The largest absolute Gasteiger partial charge is 0.488 e. The second kappa shape index (κ2) is 10.8. The lowest BCUT2D eigenvalue weighted by molar-refractivity contribution is -0.384. The smallest absolute Gasteiger partial charge is 0.293 e. The van der Waals surface area contributed by atoms with Crippen LogP contribution in [0.25, 0.3) is 6.08 Å². The van der Waals surface area contributed by atoms with Crippen LogP contribution in [0.3, 0.4) is 0 Å². The van der Waals surface area contributed by atoms with E-state index >= 15 is 0 Å². The fourth-order valence-electron chi connectivity index (χ4n) is 3.30. The molecule has 11 heteroatoms. The lowest BCUT2D eigenvalue weighted by Gasteiger charge is -2.15. The number of nitro benzene ring substituents is 1. The topological polar surface area (TPSA) is 89.7 Å². The Hall–Kier alpha value is -2.85. The number of imide groups is 1. The van der Waals surface area contributed by atoms with Crippen molar-refractivity contribution in [1.82, 2.24) is 4.90 Å². The van der Waals surface area contributed by atoms with E-state index in [-0.39, 0.29) is 23.7 Å². The maximum absolute atomic E-state index is 13.0. The first-order valence-corrected chi connectivity index (χ1v) is 12.4. The number of benzene rings is 3. The monoisotopic (exact) mass is 592 g/mol. The first-order chi connectivity index (χ1) is 16.7. The van der Waals surface area contributed by atoms with E-state index in [2.05, 4.69) is 15.9 Å². The molecule has 7 nitrogen and oxygen atoms in total. The van der Waals surface area contributed by atoms with Gasteiger partial charge >= 0.3 is 0 Å². The van der Waals surface area contributed by atoms with Crippen LogP contribution in [0.2, 0.25) is 10.0 Å². The van der Waals surface area contributed by atoms with E-state index in [1.807, 2.05) is 0 Å². The molecule has 178 valence electrons. The minimum atomic E-state index is -0.472. The minimum absolute atomic E-state index is 0.0329. The van der Waals surface area contributed by atoms with Crippen molar-refractivity contribution in [2.75, 3.05) is 0 Å². The number of halogens is 3. The Morgan fingerprint density at radius 1 is 1.06 bits per heavy atom. The number of nitrogens with zero attached hydrogens (tertiary/aromatic N) is 2. The zero-order chi connectivity index (χ0) is 25.1. The van der Waals surface area contributed by atoms with Crippen molar-refractivity contribution >= 4 is 73.8 Å². The average Bonchev–Trinajstić information content (AvgIpc) is 3.08. The van der Waals surface area contributed by atoms with Gasteiger partial charge in [0, 0.05) is 37.8 Å². The molecule has 1 fully saturated rings. The Morgan fingerprint density at radius 3 is 2.49 bits per heavy atom. The van der Waals surface area contributed by atoms with E-state index in [4.69, 9.17) is 27.9 Å². The zero-order valence-electron chi connectivity index (χ0n) is 17.7. The predicted octanol–water partition coefficient (Wildman–Crippen LogP) is 7.48. The van der Waals surface area contributed by atoms with Crippen molar-refractivity contribution in [2.45, 2.75) is 13.2 Å². The Kier molecular flexibility index (Phi) is 7.81. The van der Waals surface area contributed by atoms with Crippen LogP contribution in [0.1, 0.15) is 16.7 Å². The number of thioether (sulfide) groups is 1. The molecule has 0 saturated carbocycles. The molecule has 0 atom stereocenters. The van der Waals surface area contributed by atoms with Crippen molar-refractivity contribution in [2.24, 2.45) is 0 Å². The lowest BCUT2D eigenvalue weighted by Crippen LogP contribution is -2.27. The van der Waals surface area contributed by atoms with Crippen LogP contribution in [0.5, 0.6) is 5.75 Å². The molecular weight excluding hydrogens is 579 g/mol. The number of nitro groups is 1. The van der Waals surface area contributed by atoms with Gasteiger partial charge in [-0.05, 0) is 53.7 Å². The molecule has 3 aromatic carbocycles. The van der Waals surface area contributed by atoms with Gasteiger partial charge in [-0.2, -0.15) is 0 Å². The number of non-ortho nitro benzene ring substituents is 1. The highest BCUT2D eigenvalue weighted by Crippen LogP contribution is 2.37. The third-order valence-corrected chi connectivity index (χ3v) is 7.13. The van der Waals surface area contributed by atoms with Gasteiger partial charge in [0.05, 0.1) is 16.4 Å². The quantitative estimate of drug-likeness (QED) is 0.160. The van der Waals surface area contributed by atoms with Crippen LogP contribution in [-0.4, -0.2) is 21.0 Å². The summed E-state index contributed by atoms with van der Waals surface area (Å²) in [7, 11) is 0. The van der Waals surface area contributed by atoms with Crippen molar-refractivity contribution < 1.29 is 19.2 Å². The maximum atomic E-state index is 13.0. The summed E-state index contributed by atoms with van der Waals surface area (Å²) >= 11 is 16.6. The highest BCUT2D eigenvalue weighted by atomic mass is 79.9. The van der Waals surface area contributed by atoms with Gasteiger partial charge in [-0.25, -0.2) is 0 Å². The number of rotatable bonds is 7. The third-order valence-electron chi connectivity index (χ3n) is 5.03. The minimum Gasteiger partial charge on any atom is -0.488 e. The summed E-state index contributed by atoms with van der Waals surface area (Å²) in [6.07, 6.45) is 1.58. The first-order valence-electron chi connectivity index (χ1n) is 10.1. The molecule has 1 aliphatic heterocycles. The van der Waals surface area contributed by atoms with Gasteiger partial charge in [-0.3, -0.25) is 24.6 Å². The van der Waals surface area contributed by atoms with Gasteiger partial charge in [0.15, 0.2) is 0 Å². The number of hydrogen-bond donors (Lipinski definition) is 0. The first kappa shape index (κ1) is 25.2. The van der Waals surface area contributed by atoms with Crippen LogP contribution in [0.4, 0.5) is 10.5 Å². The number of hydrogen-bond acceptors (Lipinski definition) is 6. The summed E-state index contributed by atoms with van der Waals surface area (Å²) in [6, 6.07) is 16.3. The van der Waals surface area contributed by atoms with E-state index in [1.54, 1.807) is 54.6 Å². The van der Waals surface area contributed by atoms with Crippen LogP contribution in [0.15, 0.2) is 70.0 Å². The fraction of sp³-hybridized carbons (Fsp3) is 0.0833. The van der Waals surface area contributed by atoms with E-state index < -0.39 is 16.1 Å². The summed E-state index contributed by atoms with van der Waals surface area (Å²) in [5.74, 6) is -0.0266. The van der Waals surface area contributed by atoms with E-state index in [0.717, 1.165) is 21.1 Å². The molecule has 0 N–H and O–H groups in total. The number of amides is 2. The second-order valence-electron chi connectivity index (χ2n) is 7.37. The fourth-order valence-corrected chi connectivity index (χ4v) is 5.03. The standard InChI is InChI=1S/C24H15BrCl2N2O5S/c25-16-7-8-21(34-13-14-3-1-4-17(9-14)29(32)33)15(10-16)11-22-23(30)28(24(31)35-22)12-18-19(26)5-2-6-20(18)27/h1-11H,12-13H2/b22-11-. The number of carbonyl (C=O) groups is 2. The molecule has 1 aliphatic rings. The molecule has 4 rings (SSSR count). The van der Waals surface area contributed by atoms with Crippen molar-refractivity contribution in [3.05, 3.63) is 107 Å². The molecule has 0 spiro atoms. The summed E-state index contributed by atoms with van der Waals surface area (Å²) in [6.45, 7) is 0.0335. The molecule has 0 aliphatic carbocycles. The molecule has 35 heavy (non-hydrogen) atoms. The lowest BCUT2D eigenvalue weighted by atomic mass is 10.1. The highest BCUT2D eigenvalue weighted by Gasteiger charge is 2.36. The number of carbonyl (C=O) groups excluding carboxylic acids is 2. The average molecular weight is 594 g/mol. The third kappa shape index (κ3) is 5.87. The van der Waals surface area contributed by atoms with Gasteiger partial charge in [0.2, 0.25) is 0 Å². The highest BCUT2D eigenvalue weighted by molar-refractivity contribution is 9.10. The van der Waals surface area contributed by atoms with Crippen LogP contribution < -0.4 is 4.74 Å². The van der Waals surface area contributed by atoms with Crippen LogP contribution in [-0.2, 0) is 17.9 Å². The summed E-state index contributed by atoms with van der Waals surface area (Å²) in [5.41, 5.74) is 1.63. The van der Waals surface area contributed by atoms with Gasteiger partial charge < -0.3 is 4.74 Å². The summed E-state index contributed by atoms with van der Waals surface area (Å²) in [5, 5.41) is 11.3. The molecule has 0 radical (unpaired) electrons. The van der Waals surface area contributed by atoms with Crippen molar-refractivity contribution in [3.8, 4) is 5.75 Å². The van der Waals surface area contributed by atoms with Crippen LogP contribution >= 0.6 is 50.9 Å². The van der Waals surface area contributed by atoms with E-state index in [1.165, 1.54) is 12.1 Å². The Bertz CT molecular complexity index is 1360. The second-order valence-corrected chi connectivity index (χ2v) is 10.1. The molecule has 2 amide bonds. The van der Waals surface area contributed by atoms with E-state index in [0.29, 0.717) is 32.5 Å². The predicted molar refractivity (Wildman–Crippen MR) is 140 cm³/mol.